The van der Waals surface area contributed by atoms with E-state index in [0.29, 0.717) is 42.1 Å². The number of rotatable bonds is 5. The number of nitrogens with zero attached hydrogens (tertiary/aromatic N) is 3. The van der Waals surface area contributed by atoms with E-state index in [0.717, 1.165) is 34.7 Å². The molecule has 5 rings (SSSR count). The number of nitrogens with one attached hydrogen (secondary N) is 1. The summed E-state index contributed by atoms with van der Waals surface area (Å²) >= 11 is 1.36. The average Bonchev–Trinajstić information content (AvgIpc) is 3.26. The largest absolute Gasteiger partial charge is 0.340 e. The minimum Gasteiger partial charge on any atom is -0.340 e. The Kier molecular flexibility index (Phi) is 6.26. The smallest absolute Gasteiger partial charge is 0.268 e. The number of carbonyl (C=O) groups excluding carboxylic acids is 1. The highest BCUT2D eigenvalue weighted by Gasteiger charge is 2.22. The Hall–Kier alpha value is -3.36. The van der Waals surface area contributed by atoms with Crippen LogP contribution in [0, 0.1) is 12.7 Å². The fraction of sp³-hybridized carbons (Fsp3) is 0.269. The van der Waals surface area contributed by atoms with E-state index in [1.807, 2.05) is 42.2 Å². The first-order valence-electron chi connectivity index (χ1n) is 11.3. The van der Waals surface area contributed by atoms with Crippen molar-refractivity contribution in [2.24, 2.45) is 0 Å². The van der Waals surface area contributed by atoms with Crippen LogP contribution in [0.4, 0.5) is 4.39 Å². The molecule has 2 aromatic heterocycles. The Bertz CT molecular complexity index is 1390. The van der Waals surface area contributed by atoms with Gasteiger partial charge in [-0.05, 0) is 41.8 Å². The number of benzene rings is 2. The van der Waals surface area contributed by atoms with E-state index in [4.69, 9.17) is 0 Å². The van der Waals surface area contributed by atoms with Crippen LogP contribution in [-0.4, -0.2) is 51.9 Å². The van der Waals surface area contributed by atoms with Crippen molar-refractivity contribution >= 4 is 27.5 Å². The molecule has 174 valence electrons. The van der Waals surface area contributed by atoms with Crippen molar-refractivity contribution in [1.82, 2.24) is 19.8 Å². The van der Waals surface area contributed by atoms with Gasteiger partial charge in [-0.2, -0.15) is 0 Å². The highest BCUT2D eigenvalue weighted by Crippen LogP contribution is 2.31. The monoisotopic (exact) mass is 476 g/mol. The molecule has 0 bridgehead atoms. The summed E-state index contributed by atoms with van der Waals surface area (Å²) in [6.07, 6.45) is 0.423. The maximum atomic E-state index is 13.2. The molecule has 1 N–H and O–H groups in total. The molecule has 1 aliphatic heterocycles. The zero-order valence-corrected chi connectivity index (χ0v) is 19.7. The van der Waals surface area contributed by atoms with Crippen molar-refractivity contribution in [2.45, 2.75) is 19.9 Å². The summed E-state index contributed by atoms with van der Waals surface area (Å²) in [5.74, 6) is 0.467. The van der Waals surface area contributed by atoms with E-state index >= 15 is 0 Å². The molecule has 0 aliphatic carbocycles. The van der Waals surface area contributed by atoms with Crippen LogP contribution < -0.4 is 5.56 Å². The van der Waals surface area contributed by atoms with E-state index in [1.165, 1.54) is 23.5 Å². The maximum absolute atomic E-state index is 13.2. The van der Waals surface area contributed by atoms with Crippen molar-refractivity contribution in [2.75, 3.05) is 26.2 Å². The summed E-state index contributed by atoms with van der Waals surface area (Å²) in [4.78, 5) is 38.0. The third-order valence-corrected chi connectivity index (χ3v) is 7.43. The van der Waals surface area contributed by atoms with Crippen LogP contribution in [0.25, 0.3) is 20.7 Å². The molecule has 1 fully saturated rings. The molecule has 3 heterocycles. The molecule has 1 aliphatic rings. The molecular formula is C26H25FN4O2S. The number of amides is 1. The number of H-pyrrole nitrogens is 1. The van der Waals surface area contributed by atoms with Gasteiger partial charge in [0.1, 0.15) is 16.3 Å². The third kappa shape index (κ3) is 4.78. The third-order valence-electron chi connectivity index (χ3n) is 6.26. The van der Waals surface area contributed by atoms with Gasteiger partial charge in [0.05, 0.1) is 18.5 Å². The fourth-order valence-electron chi connectivity index (χ4n) is 4.27. The topological polar surface area (TPSA) is 69.3 Å². The van der Waals surface area contributed by atoms with Crippen LogP contribution in [0.3, 0.4) is 0 Å². The van der Waals surface area contributed by atoms with Crippen LogP contribution in [-0.2, 0) is 17.8 Å². The molecule has 0 spiro atoms. The van der Waals surface area contributed by atoms with Gasteiger partial charge in [0.2, 0.25) is 5.91 Å². The Labute approximate surface area is 200 Å². The summed E-state index contributed by atoms with van der Waals surface area (Å²) in [5, 5.41) is 0. The zero-order valence-electron chi connectivity index (χ0n) is 18.9. The van der Waals surface area contributed by atoms with E-state index < -0.39 is 0 Å². The van der Waals surface area contributed by atoms with E-state index in [-0.39, 0.29) is 17.3 Å². The summed E-state index contributed by atoms with van der Waals surface area (Å²) in [6, 6.07) is 16.1. The number of hydrogen-bond acceptors (Lipinski definition) is 5. The lowest BCUT2D eigenvalue weighted by Crippen LogP contribution is -2.49. The Balaban J connectivity index is 1.23. The van der Waals surface area contributed by atoms with Crippen molar-refractivity contribution in [3.05, 3.63) is 87.7 Å². The molecule has 34 heavy (non-hydrogen) atoms. The van der Waals surface area contributed by atoms with Gasteiger partial charge in [-0.25, -0.2) is 9.37 Å². The number of aromatic nitrogens is 2. The second-order valence-corrected chi connectivity index (χ2v) is 9.66. The molecule has 2 aromatic carbocycles. The molecule has 0 saturated carbocycles. The first kappa shape index (κ1) is 22.4. The van der Waals surface area contributed by atoms with E-state index in [9.17, 15) is 14.0 Å². The number of fused-ring (bicyclic) bond motifs is 1. The zero-order chi connectivity index (χ0) is 23.7. The van der Waals surface area contributed by atoms with Gasteiger partial charge in [0, 0.05) is 31.1 Å². The SMILES string of the molecule is Cc1ccccc1CC(=O)N1CCN(Cc2nc3cc(-c4ccc(F)cc4)sc3c(=O)[nH]2)CC1. The molecular weight excluding hydrogens is 451 g/mol. The second kappa shape index (κ2) is 9.48. The highest BCUT2D eigenvalue weighted by molar-refractivity contribution is 7.22. The second-order valence-electron chi connectivity index (χ2n) is 8.60. The first-order chi connectivity index (χ1) is 16.5. The Morgan fingerprint density at radius 2 is 1.82 bits per heavy atom. The molecule has 0 atom stereocenters. The average molecular weight is 477 g/mol. The minimum absolute atomic E-state index is 0.147. The highest BCUT2D eigenvalue weighted by atomic mass is 32.1. The normalized spacial score (nSPS) is 14.6. The van der Waals surface area contributed by atoms with Gasteiger partial charge in [0.25, 0.3) is 5.56 Å². The van der Waals surface area contributed by atoms with Gasteiger partial charge < -0.3 is 9.88 Å². The van der Waals surface area contributed by atoms with Crippen molar-refractivity contribution in [1.29, 1.82) is 0 Å². The Morgan fingerprint density at radius 3 is 2.56 bits per heavy atom. The van der Waals surface area contributed by atoms with Gasteiger partial charge in [-0.3, -0.25) is 14.5 Å². The predicted octanol–water partition coefficient (Wildman–Crippen LogP) is 3.99. The summed E-state index contributed by atoms with van der Waals surface area (Å²) < 4.78 is 13.8. The van der Waals surface area contributed by atoms with Gasteiger partial charge in [0.15, 0.2) is 0 Å². The van der Waals surface area contributed by atoms with Crippen molar-refractivity contribution in [3.63, 3.8) is 0 Å². The van der Waals surface area contributed by atoms with Crippen LogP contribution in [0.15, 0.2) is 59.4 Å². The maximum Gasteiger partial charge on any atom is 0.268 e. The van der Waals surface area contributed by atoms with E-state index in [2.05, 4.69) is 14.9 Å². The quantitative estimate of drug-likeness (QED) is 0.473. The van der Waals surface area contributed by atoms with Crippen molar-refractivity contribution in [3.8, 4) is 10.4 Å². The van der Waals surface area contributed by atoms with Crippen LogP contribution in [0.1, 0.15) is 17.0 Å². The molecule has 1 saturated heterocycles. The van der Waals surface area contributed by atoms with Gasteiger partial charge >= 0.3 is 0 Å². The van der Waals surface area contributed by atoms with Crippen LogP contribution in [0.2, 0.25) is 0 Å². The molecule has 1 amide bonds. The van der Waals surface area contributed by atoms with Crippen molar-refractivity contribution < 1.29 is 9.18 Å². The number of aryl methyl sites for hydroxylation is 1. The number of halogens is 1. The number of carbonyl (C=O) groups is 1. The lowest BCUT2D eigenvalue weighted by Gasteiger charge is -2.34. The summed E-state index contributed by atoms with van der Waals surface area (Å²) in [6.45, 7) is 5.32. The molecule has 0 unspecified atom stereocenters. The number of hydrogen-bond donors (Lipinski definition) is 1. The summed E-state index contributed by atoms with van der Waals surface area (Å²) in [7, 11) is 0. The van der Waals surface area contributed by atoms with Gasteiger partial charge in [-0.1, -0.05) is 36.4 Å². The van der Waals surface area contributed by atoms with Crippen LogP contribution in [0.5, 0.6) is 0 Å². The fourth-order valence-corrected chi connectivity index (χ4v) is 5.27. The lowest BCUT2D eigenvalue weighted by atomic mass is 10.1. The number of aromatic amines is 1. The van der Waals surface area contributed by atoms with Gasteiger partial charge in [-0.15, -0.1) is 11.3 Å². The number of thiophene rings is 1. The molecule has 0 radical (unpaired) electrons. The standard InChI is InChI=1S/C26H25FN4O2S/c1-17-4-2-3-5-19(17)14-24(32)31-12-10-30(11-13-31)16-23-28-21-15-22(34-25(21)26(33)29-23)18-6-8-20(27)9-7-18/h2-9,15H,10-14,16H2,1H3,(H,28,29,33). The Morgan fingerprint density at radius 1 is 1.09 bits per heavy atom. The van der Waals surface area contributed by atoms with Crippen LogP contribution >= 0.6 is 11.3 Å². The van der Waals surface area contributed by atoms with E-state index in [1.54, 1.807) is 12.1 Å². The molecule has 4 aromatic rings. The minimum atomic E-state index is -0.292. The lowest BCUT2D eigenvalue weighted by molar-refractivity contribution is -0.132. The first-order valence-corrected chi connectivity index (χ1v) is 12.1. The molecule has 8 heteroatoms. The molecule has 6 nitrogen and oxygen atoms in total. The predicted molar refractivity (Wildman–Crippen MR) is 132 cm³/mol. The summed E-state index contributed by atoms with van der Waals surface area (Å²) in [5.41, 5.74) is 3.55. The number of piperazine rings is 1.